The normalized spacial score (nSPS) is 11.4. The predicted molar refractivity (Wildman–Crippen MR) is 112 cm³/mol. The lowest BCUT2D eigenvalue weighted by atomic mass is 10.2. The molecule has 1 amide bonds. The number of hydrogen-bond donors (Lipinski definition) is 1. The molecule has 1 atom stereocenters. The van der Waals surface area contributed by atoms with Gasteiger partial charge in [0.05, 0.1) is 5.56 Å². The summed E-state index contributed by atoms with van der Waals surface area (Å²) in [5, 5.41) is 3.16. The van der Waals surface area contributed by atoms with E-state index in [0.29, 0.717) is 28.6 Å². The number of halogens is 1. The Labute approximate surface area is 174 Å². The molecule has 0 bridgehead atoms. The van der Waals surface area contributed by atoms with Gasteiger partial charge in [0.15, 0.2) is 6.10 Å². The summed E-state index contributed by atoms with van der Waals surface area (Å²) in [6, 6.07) is 23.1. The molecule has 0 aromatic heterocycles. The molecule has 3 aromatic carbocycles. The van der Waals surface area contributed by atoms with Crippen molar-refractivity contribution in [3.8, 4) is 5.75 Å². The van der Waals surface area contributed by atoms with E-state index in [-0.39, 0.29) is 0 Å². The van der Waals surface area contributed by atoms with E-state index in [0.717, 1.165) is 5.56 Å². The van der Waals surface area contributed by atoms with Gasteiger partial charge in [-0.2, -0.15) is 0 Å². The molecule has 6 heteroatoms. The number of benzene rings is 3. The summed E-state index contributed by atoms with van der Waals surface area (Å²) in [5.74, 6) is -0.395. The van der Waals surface area contributed by atoms with Gasteiger partial charge in [-0.15, -0.1) is 0 Å². The van der Waals surface area contributed by atoms with Crippen LogP contribution in [0.3, 0.4) is 0 Å². The lowest BCUT2D eigenvalue weighted by molar-refractivity contribution is -0.123. The largest absolute Gasteiger partial charge is 0.489 e. The number of hydrogen-bond acceptors (Lipinski definition) is 4. The molecule has 29 heavy (non-hydrogen) atoms. The summed E-state index contributed by atoms with van der Waals surface area (Å²) in [5.41, 5.74) is 1.92. The Morgan fingerprint density at radius 1 is 0.966 bits per heavy atom. The van der Waals surface area contributed by atoms with E-state index in [1.165, 1.54) is 6.92 Å². The number of ether oxygens (including phenoxy) is 2. The number of rotatable bonds is 7. The Kier molecular flexibility index (Phi) is 6.87. The van der Waals surface area contributed by atoms with Crippen molar-refractivity contribution >= 4 is 29.2 Å². The van der Waals surface area contributed by atoms with Crippen LogP contribution in [0, 0.1) is 0 Å². The minimum Gasteiger partial charge on any atom is -0.489 e. The van der Waals surface area contributed by atoms with Crippen LogP contribution in [0.1, 0.15) is 22.8 Å². The summed E-state index contributed by atoms with van der Waals surface area (Å²) < 4.78 is 10.9. The lowest BCUT2D eigenvalue weighted by Gasteiger charge is -2.14. The first-order valence-corrected chi connectivity index (χ1v) is 9.43. The summed E-state index contributed by atoms with van der Waals surface area (Å²) in [7, 11) is 0. The first kappa shape index (κ1) is 20.4. The van der Waals surface area contributed by atoms with Crippen LogP contribution < -0.4 is 10.1 Å². The Hall–Kier alpha value is -3.31. The molecule has 0 unspecified atom stereocenters. The van der Waals surface area contributed by atoms with Crippen molar-refractivity contribution in [3.05, 3.63) is 95.0 Å². The molecule has 3 aromatic rings. The average molecular weight is 410 g/mol. The molecule has 0 aliphatic rings. The number of amides is 1. The van der Waals surface area contributed by atoms with Crippen LogP contribution in [0.4, 0.5) is 5.69 Å². The van der Waals surface area contributed by atoms with Gasteiger partial charge in [-0.25, -0.2) is 4.79 Å². The second-order valence-electron chi connectivity index (χ2n) is 6.35. The van der Waals surface area contributed by atoms with Gasteiger partial charge in [-0.1, -0.05) is 48.0 Å². The monoisotopic (exact) mass is 409 g/mol. The molecule has 0 saturated carbocycles. The number of esters is 1. The van der Waals surface area contributed by atoms with Crippen molar-refractivity contribution in [1.29, 1.82) is 0 Å². The Morgan fingerprint density at radius 2 is 1.69 bits per heavy atom. The topological polar surface area (TPSA) is 64.6 Å². The van der Waals surface area contributed by atoms with E-state index in [2.05, 4.69) is 5.32 Å². The quantitative estimate of drug-likeness (QED) is 0.551. The first-order chi connectivity index (χ1) is 14.0. The lowest BCUT2D eigenvalue weighted by Crippen LogP contribution is -2.30. The minimum atomic E-state index is -0.963. The second-order valence-corrected chi connectivity index (χ2v) is 6.78. The standard InChI is InChI=1S/C23H20ClNO4/c1-16(22(26)25-20-9-5-8-19(24)14-20)29-23(27)18-10-12-21(13-11-18)28-15-17-6-3-2-4-7-17/h2-14,16H,15H2,1H3,(H,25,26)/t16-/m1/s1. The SMILES string of the molecule is C[C@@H](OC(=O)c1ccc(OCc2ccccc2)cc1)C(=O)Nc1cccc(Cl)c1. The number of carbonyl (C=O) groups excluding carboxylic acids is 2. The van der Waals surface area contributed by atoms with E-state index in [1.807, 2.05) is 30.3 Å². The van der Waals surface area contributed by atoms with Crippen LogP contribution in [-0.2, 0) is 16.1 Å². The number of anilines is 1. The molecule has 0 radical (unpaired) electrons. The maximum Gasteiger partial charge on any atom is 0.338 e. The molecular weight excluding hydrogens is 390 g/mol. The van der Waals surface area contributed by atoms with Gasteiger partial charge in [0, 0.05) is 10.7 Å². The smallest absolute Gasteiger partial charge is 0.338 e. The van der Waals surface area contributed by atoms with Crippen molar-refractivity contribution in [1.82, 2.24) is 0 Å². The maximum atomic E-state index is 12.3. The van der Waals surface area contributed by atoms with Crippen molar-refractivity contribution in [2.45, 2.75) is 19.6 Å². The van der Waals surface area contributed by atoms with E-state index < -0.39 is 18.0 Å². The van der Waals surface area contributed by atoms with Crippen LogP contribution >= 0.6 is 11.6 Å². The highest BCUT2D eigenvalue weighted by atomic mass is 35.5. The fraction of sp³-hybridized carbons (Fsp3) is 0.130. The van der Waals surface area contributed by atoms with E-state index in [4.69, 9.17) is 21.1 Å². The highest BCUT2D eigenvalue weighted by Gasteiger charge is 2.19. The summed E-state index contributed by atoms with van der Waals surface area (Å²) in [4.78, 5) is 24.5. The fourth-order valence-electron chi connectivity index (χ4n) is 2.52. The van der Waals surface area contributed by atoms with Gasteiger partial charge in [0.1, 0.15) is 12.4 Å². The van der Waals surface area contributed by atoms with Crippen LogP contribution in [0.25, 0.3) is 0 Å². The summed E-state index contributed by atoms with van der Waals surface area (Å²) in [6.07, 6.45) is -0.963. The molecular formula is C23H20ClNO4. The second kappa shape index (κ2) is 9.75. The maximum absolute atomic E-state index is 12.3. The van der Waals surface area contributed by atoms with Gasteiger partial charge in [-0.3, -0.25) is 4.79 Å². The minimum absolute atomic E-state index is 0.333. The van der Waals surface area contributed by atoms with E-state index >= 15 is 0 Å². The third-order valence-corrected chi connectivity index (χ3v) is 4.32. The molecule has 5 nitrogen and oxygen atoms in total. The molecule has 0 aliphatic carbocycles. The third-order valence-electron chi connectivity index (χ3n) is 4.08. The van der Waals surface area contributed by atoms with Crippen molar-refractivity contribution < 1.29 is 19.1 Å². The van der Waals surface area contributed by atoms with Gasteiger partial charge in [-0.05, 0) is 55.0 Å². The van der Waals surface area contributed by atoms with Crippen molar-refractivity contribution in [2.24, 2.45) is 0 Å². The Morgan fingerprint density at radius 3 is 2.38 bits per heavy atom. The van der Waals surface area contributed by atoms with E-state index in [1.54, 1.807) is 48.5 Å². The third kappa shape index (κ3) is 6.09. The molecule has 0 fully saturated rings. The zero-order valence-electron chi connectivity index (χ0n) is 15.8. The molecule has 1 N–H and O–H groups in total. The van der Waals surface area contributed by atoms with Crippen molar-refractivity contribution in [2.75, 3.05) is 5.32 Å². The fourth-order valence-corrected chi connectivity index (χ4v) is 2.71. The van der Waals surface area contributed by atoms with E-state index in [9.17, 15) is 9.59 Å². The van der Waals surface area contributed by atoms with Gasteiger partial charge >= 0.3 is 5.97 Å². The Bertz CT molecular complexity index is 974. The molecule has 0 saturated heterocycles. The molecule has 0 heterocycles. The van der Waals surface area contributed by atoms with Gasteiger partial charge in [0.25, 0.3) is 5.91 Å². The van der Waals surface area contributed by atoms with Crippen LogP contribution in [0.2, 0.25) is 5.02 Å². The first-order valence-electron chi connectivity index (χ1n) is 9.05. The molecule has 0 aliphatic heterocycles. The zero-order chi connectivity index (χ0) is 20.6. The summed E-state index contributed by atoms with van der Waals surface area (Å²) in [6.45, 7) is 1.94. The van der Waals surface area contributed by atoms with Gasteiger partial charge in [0.2, 0.25) is 0 Å². The van der Waals surface area contributed by atoms with Crippen molar-refractivity contribution in [3.63, 3.8) is 0 Å². The van der Waals surface area contributed by atoms with Crippen LogP contribution in [-0.4, -0.2) is 18.0 Å². The van der Waals surface area contributed by atoms with Crippen LogP contribution in [0.5, 0.6) is 5.75 Å². The number of nitrogens with one attached hydrogen (secondary N) is 1. The molecule has 148 valence electrons. The molecule has 0 spiro atoms. The highest BCUT2D eigenvalue weighted by Crippen LogP contribution is 2.17. The summed E-state index contributed by atoms with van der Waals surface area (Å²) >= 11 is 5.90. The molecule has 3 rings (SSSR count). The highest BCUT2D eigenvalue weighted by molar-refractivity contribution is 6.30. The van der Waals surface area contributed by atoms with Gasteiger partial charge < -0.3 is 14.8 Å². The number of carbonyl (C=O) groups is 2. The zero-order valence-corrected chi connectivity index (χ0v) is 16.6. The van der Waals surface area contributed by atoms with Crippen LogP contribution in [0.15, 0.2) is 78.9 Å². The average Bonchev–Trinajstić information content (AvgIpc) is 2.73. The Balaban J connectivity index is 1.52. The predicted octanol–water partition coefficient (Wildman–Crippen LogP) is 5.10.